The molecule has 7 heteroatoms. The number of nitrogens with one attached hydrogen (secondary N) is 1. The fraction of sp³-hybridized carbons (Fsp3) is 0.417. The van der Waals surface area contributed by atoms with Gasteiger partial charge in [-0.25, -0.2) is 4.39 Å². The van der Waals surface area contributed by atoms with Crippen molar-refractivity contribution in [2.24, 2.45) is 0 Å². The summed E-state index contributed by atoms with van der Waals surface area (Å²) in [5.41, 5.74) is 1.49. The Morgan fingerprint density at radius 2 is 1.84 bits per heavy atom. The first-order valence-electron chi connectivity index (χ1n) is 10.5. The fourth-order valence-corrected chi connectivity index (χ4v) is 4.52. The highest BCUT2D eigenvalue weighted by Crippen LogP contribution is 2.24. The van der Waals surface area contributed by atoms with Gasteiger partial charge in [0.15, 0.2) is 0 Å². The zero-order valence-corrected chi connectivity index (χ0v) is 19.8. The monoisotopic (exact) mass is 464 g/mol. The molecule has 2 amide bonds. The topological polar surface area (TPSA) is 49.4 Å². The lowest BCUT2D eigenvalue weighted by Gasteiger charge is -2.31. The van der Waals surface area contributed by atoms with Gasteiger partial charge in [0, 0.05) is 28.9 Å². The Morgan fingerprint density at radius 3 is 2.45 bits per heavy atom. The second kappa shape index (κ2) is 12.7. The number of thioether (sulfide) groups is 1. The van der Waals surface area contributed by atoms with Crippen molar-refractivity contribution in [3.05, 3.63) is 70.5 Å². The number of hydrogen-bond donors (Lipinski definition) is 1. The van der Waals surface area contributed by atoms with Gasteiger partial charge in [-0.05, 0) is 44.4 Å². The van der Waals surface area contributed by atoms with Gasteiger partial charge in [0.25, 0.3) is 0 Å². The van der Waals surface area contributed by atoms with Gasteiger partial charge in [-0.3, -0.25) is 9.59 Å². The maximum absolute atomic E-state index is 14.0. The molecular formula is C24H30ClFN2O2S. The molecular weight excluding hydrogens is 435 g/mol. The highest BCUT2D eigenvalue weighted by molar-refractivity contribution is 7.99. The lowest BCUT2D eigenvalue weighted by molar-refractivity contribution is -0.139. The third-order valence-electron chi connectivity index (χ3n) is 4.83. The van der Waals surface area contributed by atoms with Crippen LogP contribution < -0.4 is 5.32 Å². The molecule has 2 aromatic rings. The van der Waals surface area contributed by atoms with E-state index in [4.69, 9.17) is 11.6 Å². The van der Waals surface area contributed by atoms with E-state index in [-0.39, 0.29) is 29.4 Å². The van der Waals surface area contributed by atoms with Gasteiger partial charge in [-0.15, -0.1) is 11.8 Å². The van der Waals surface area contributed by atoms with E-state index < -0.39 is 6.04 Å². The van der Waals surface area contributed by atoms with Crippen molar-refractivity contribution < 1.29 is 14.0 Å². The average molecular weight is 465 g/mol. The van der Waals surface area contributed by atoms with Crippen LogP contribution in [0.2, 0.25) is 5.02 Å². The average Bonchev–Trinajstić information content (AvgIpc) is 2.73. The van der Waals surface area contributed by atoms with Gasteiger partial charge in [0.1, 0.15) is 11.9 Å². The highest BCUT2D eigenvalue weighted by Gasteiger charge is 2.28. The minimum atomic E-state index is -0.545. The summed E-state index contributed by atoms with van der Waals surface area (Å²) in [6, 6.07) is 13.9. The number of nitrogens with zero attached hydrogens (tertiary/aromatic N) is 1. The summed E-state index contributed by atoms with van der Waals surface area (Å²) in [6.45, 7) is 6.14. The molecule has 0 saturated heterocycles. The number of hydrogen-bond acceptors (Lipinski definition) is 3. The summed E-state index contributed by atoms with van der Waals surface area (Å²) in [4.78, 5) is 27.5. The van der Waals surface area contributed by atoms with Crippen molar-refractivity contribution in [1.29, 1.82) is 0 Å². The largest absolute Gasteiger partial charge is 0.352 e. The minimum absolute atomic E-state index is 0.00908. The van der Waals surface area contributed by atoms with Crippen molar-refractivity contribution in [1.82, 2.24) is 10.2 Å². The van der Waals surface area contributed by atoms with Crippen LogP contribution in [0.4, 0.5) is 4.39 Å². The van der Waals surface area contributed by atoms with Crippen molar-refractivity contribution in [3.63, 3.8) is 0 Å². The van der Waals surface area contributed by atoms with Crippen molar-refractivity contribution in [2.45, 2.75) is 51.4 Å². The molecule has 0 aliphatic carbocycles. The van der Waals surface area contributed by atoms with Gasteiger partial charge in [0.2, 0.25) is 11.8 Å². The maximum Gasteiger partial charge on any atom is 0.242 e. The SMILES string of the molecule is CC[C@H](C(=O)NC(C)C)N(CCc1ccccc1)C(=O)CSCc1c(F)cccc1Cl. The molecule has 2 aromatic carbocycles. The number of benzene rings is 2. The van der Waals surface area contributed by atoms with Gasteiger partial charge in [0.05, 0.1) is 5.75 Å². The summed E-state index contributed by atoms with van der Waals surface area (Å²) in [5, 5.41) is 3.27. The van der Waals surface area contributed by atoms with E-state index >= 15 is 0 Å². The number of rotatable bonds is 11. The second-order valence-corrected chi connectivity index (χ2v) is 9.00. The van der Waals surface area contributed by atoms with E-state index in [9.17, 15) is 14.0 Å². The third-order valence-corrected chi connectivity index (χ3v) is 6.13. The molecule has 4 nitrogen and oxygen atoms in total. The molecule has 0 fully saturated rings. The van der Waals surface area contributed by atoms with Crippen LogP contribution in [0.3, 0.4) is 0 Å². The van der Waals surface area contributed by atoms with E-state index in [1.807, 2.05) is 51.1 Å². The first kappa shape index (κ1) is 25.2. The molecule has 0 aliphatic rings. The van der Waals surface area contributed by atoms with Crippen LogP contribution >= 0.6 is 23.4 Å². The fourth-order valence-electron chi connectivity index (χ4n) is 3.27. The van der Waals surface area contributed by atoms with Crippen LogP contribution in [0, 0.1) is 5.82 Å². The van der Waals surface area contributed by atoms with Crippen LogP contribution in [0.5, 0.6) is 0 Å². The van der Waals surface area contributed by atoms with Crippen molar-refractivity contribution in [3.8, 4) is 0 Å². The first-order chi connectivity index (χ1) is 14.8. The second-order valence-electron chi connectivity index (χ2n) is 7.60. The van der Waals surface area contributed by atoms with E-state index in [0.29, 0.717) is 35.7 Å². The van der Waals surface area contributed by atoms with Gasteiger partial charge >= 0.3 is 0 Å². The Morgan fingerprint density at radius 1 is 1.13 bits per heavy atom. The highest BCUT2D eigenvalue weighted by atomic mass is 35.5. The predicted molar refractivity (Wildman–Crippen MR) is 127 cm³/mol. The minimum Gasteiger partial charge on any atom is -0.352 e. The molecule has 0 aromatic heterocycles. The van der Waals surface area contributed by atoms with Crippen molar-refractivity contribution >= 4 is 35.2 Å². The summed E-state index contributed by atoms with van der Waals surface area (Å²) in [5.74, 6) is -0.236. The quantitative estimate of drug-likeness (QED) is 0.504. The molecule has 0 heterocycles. The first-order valence-corrected chi connectivity index (χ1v) is 12.0. The Hall–Kier alpha value is -2.05. The Kier molecular flexibility index (Phi) is 10.3. The molecule has 1 atom stereocenters. The summed E-state index contributed by atoms with van der Waals surface area (Å²) in [6.07, 6.45) is 1.17. The summed E-state index contributed by atoms with van der Waals surface area (Å²) < 4.78 is 14.0. The van der Waals surface area contributed by atoms with Crippen LogP contribution in [-0.4, -0.2) is 41.1 Å². The molecule has 2 rings (SSSR count). The van der Waals surface area contributed by atoms with Crippen LogP contribution in [0.25, 0.3) is 0 Å². The lowest BCUT2D eigenvalue weighted by Crippen LogP contribution is -2.52. The zero-order valence-electron chi connectivity index (χ0n) is 18.2. The number of carbonyl (C=O) groups is 2. The smallest absolute Gasteiger partial charge is 0.242 e. The molecule has 0 unspecified atom stereocenters. The Labute approximate surface area is 193 Å². The van der Waals surface area contributed by atoms with Crippen LogP contribution in [0.15, 0.2) is 48.5 Å². The molecule has 168 valence electrons. The standard InChI is InChI=1S/C24H30ClFN2O2S/c1-4-22(24(30)27-17(2)3)28(14-13-18-9-6-5-7-10-18)23(29)16-31-15-19-20(25)11-8-12-21(19)26/h5-12,17,22H,4,13-16H2,1-3H3,(H,27,30)/t22-/m1/s1. The molecule has 0 aliphatic heterocycles. The third kappa shape index (κ3) is 7.86. The van der Waals surface area contributed by atoms with Crippen LogP contribution in [-0.2, 0) is 21.8 Å². The van der Waals surface area contributed by atoms with E-state index in [1.54, 1.807) is 17.0 Å². The molecule has 31 heavy (non-hydrogen) atoms. The van der Waals surface area contributed by atoms with Gasteiger partial charge < -0.3 is 10.2 Å². The molecule has 0 saturated carbocycles. The maximum atomic E-state index is 14.0. The molecule has 0 spiro atoms. The number of carbonyl (C=O) groups excluding carboxylic acids is 2. The van der Waals surface area contributed by atoms with Gasteiger partial charge in [-0.2, -0.15) is 0 Å². The predicted octanol–water partition coefficient (Wildman–Crippen LogP) is 5.09. The molecule has 1 N–H and O–H groups in total. The van der Waals surface area contributed by atoms with E-state index in [2.05, 4.69) is 5.32 Å². The summed E-state index contributed by atoms with van der Waals surface area (Å²) in [7, 11) is 0. The van der Waals surface area contributed by atoms with Crippen LogP contribution in [0.1, 0.15) is 38.3 Å². The number of amides is 2. The van der Waals surface area contributed by atoms with Crippen molar-refractivity contribution in [2.75, 3.05) is 12.3 Å². The van der Waals surface area contributed by atoms with E-state index in [0.717, 1.165) is 5.56 Å². The molecule has 0 radical (unpaired) electrons. The number of halogens is 2. The Bertz CT molecular complexity index is 844. The molecule has 0 bridgehead atoms. The van der Waals surface area contributed by atoms with E-state index in [1.165, 1.54) is 17.8 Å². The Balaban J connectivity index is 2.09. The zero-order chi connectivity index (χ0) is 22.8. The normalized spacial score (nSPS) is 11.9. The summed E-state index contributed by atoms with van der Waals surface area (Å²) >= 11 is 7.39. The lowest BCUT2D eigenvalue weighted by atomic mass is 10.1. The van der Waals surface area contributed by atoms with Gasteiger partial charge in [-0.1, -0.05) is 54.9 Å².